The van der Waals surface area contributed by atoms with Crippen LogP contribution in [0, 0.1) is 0 Å². The molecule has 0 aromatic rings. The predicted octanol–water partition coefficient (Wildman–Crippen LogP) is 4.27. The predicted molar refractivity (Wildman–Crippen MR) is 62.4 cm³/mol. The van der Waals surface area contributed by atoms with E-state index in [1.807, 2.05) is 19.9 Å². The van der Waals surface area contributed by atoms with E-state index in [2.05, 4.69) is 6.92 Å². The van der Waals surface area contributed by atoms with Crippen molar-refractivity contribution in [2.75, 3.05) is 0 Å². The molecule has 0 heterocycles. The van der Waals surface area contributed by atoms with Gasteiger partial charge < -0.3 is 0 Å². The number of Topliss-reactive ketones (excluding diaryl/α,β-unsaturated/α-hetero) is 1. The van der Waals surface area contributed by atoms with Crippen molar-refractivity contribution >= 4 is 5.78 Å². The third-order valence-corrected chi connectivity index (χ3v) is 2.63. The van der Waals surface area contributed by atoms with Gasteiger partial charge in [-0.05, 0) is 25.8 Å². The molecule has 0 N–H and O–H groups in total. The number of ketones is 1. The zero-order valence-corrected chi connectivity index (χ0v) is 9.94. The van der Waals surface area contributed by atoms with E-state index in [-0.39, 0.29) is 0 Å². The number of hydrogen-bond donors (Lipinski definition) is 0. The molecule has 0 fully saturated rings. The average Bonchev–Trinajstić information content (AvgIpc) is 2.21. The molecule has 0 bridgehead atoms. The molecular weight excluding hydrogens is 172 g/mol. The van der Waals surface area contributed by atoms with Gasteiger partial charge in [0.25, 0.3) is 0 Å². The minimum atomic E-state index is 0.322. The molecule has 0 saturated heterocycles. The van der Waals surface area contributed by atoms with Crippen LogP contribution in [0.15, 0.2) is 11.6 Å². The number of allylic oxidation sites excluding steroid dienone is 2. The number of rotatable bonds is 8. The Balaban J connectivity index is 3.32. The maximum Gasteiger partial charge on any atom is 0.158 e. The Morgan fingerprint density at radius 1 is 1.07 bits per heavy atom. The molecular formula is C13H24O. The van der Waals surface area contributed by atoms with E-state index < -0.39 is 0 Å². The topological polar surface area (TPSA) is 17.1 Å². The van der Waals surface area contributed by atoms with E-state index in [9.17, 15) is 4.79 Å². The lowest BCUT2D eigenvalue weighted by Gasteiger charge is -2.01. The van der Waals surface area contributed by atoms with Gasteiger partial charge in [-0.25, -0.2) is 0 Å². The molecule has 0 saturated carbocycles. The summed E-state index contributed by atoms with van der Waals surface area (Å²) in [5.74, 6) is 0.322. The first-order valence-corrected chi connectivity index (χ1v) is 5.88. The fraction of sp³-hybridized carbons (Fsp3) is 0.769. The van der Waals surface area contributed by atoms with Crippen molar-refractivity contribution in [3.63, 3.8) is 0 Å². The minimum absolute atomic E-state index is 0.322. The van der Waals surface area contributed by atoms with Gasteiger partial charge in [0.15, 0.2) is 5.78 Å². The second-order valence-corrected chi connectivity index (χ2v) is 3.91. The molecule has 1 nitrogen and oxygen atoms in total. The summed E-state index contributed by atoms with van der Waals surface area (Å²) < 4.78 is 0. The van der Waals surface area contributed by atoms with E-state index in [1.54, 1.807) is 0 Å². The normalized spacial score (nSPS) is 11.8. The minimum Gasteiger partial charge on any atom is -0.295 e. The average molecular weight is 196 g/mol. The highest BCUT2D eigenvalue weighted by molar-refractivity contribution is 5.94. The molecule has 0 atom stereocenters. The molecule has 0 aromatic carbocycles. The van der Waals surface area contributed by atoms with Gasteiger partial charge in [-0.2, -0.15) is 0 Å². The van der Waals surface area contributed by atoms with E-state index >= 15 is 0 Å². The van der Waals surface area contributed by atoms with Gasteiger partial charge in [-0.3, -0.25) is 4.79 Å². The van der Waals surface area contributed by atoms with Crippen molar-refractivity contribution in [3.8, 4) is 0 Å². The molecule has 0 rings (SSSR count). The fourth-order valence-corrected chi connectivity index (χ4v) is 1.42. The van der Waals surface area contributed by atoms with E-state index in [4.69, 9.17) is 0 Å². The van der Waals surface area contributed by atoms with Crippen LogP contribution < -0.4 is 0 Å². The number of unbranched alkanes of at least 4 members (excludes halogenated alkanes) is 5. The summed E-state index contributed by atoms with van der Waals surface area (Å²) in [4.78, 5) is 11.4. The third kappa shape index (κ3) is 6.88. The Morgan fingerprint density at radius 3 is 2.21 bits per heavy atom. The van der Waals surface area contributed by atoms with Gasteiger partial charge in [-0.15, -0.1) is 0 Å². The molecule has 14 heavy (non-hydrogen) atoms. The van der Waals surface area contributed by atoms with Gasteiger partial charge in [0.05, 0.1) is 0 Å². The van der Waals surface area contributed by atoms with Gasteiger partial charge in [0.1, 0.15) is 0 Å². The Morgan fingerprint density at radius 2 is 1.64 bits per heavy atom. The number of hydrogen-bond acceptors (Lipinski definition) is 1. The molecule has 0 aliphatic heterocycles. The summed E-state index contributed by atoms with van der Waals surface area (Å²) in [6.45, 7) is 6.05. The van der Waals surface area contributed by atoms with Crippen molar-refractivity contribution < 1.29 is 4.79 Å². The fourth-order valence-electron chi connectivity index (χ4n) is 1.42. The highest BCUT2D eigenvalue weighted by Crippen LogP contribution is 2.09. The largest absolute Gasteiger partial charge is 0.295 e. The van der Waals surface area contributed by atoms with Crippen molar-refractivity contribution in [2.24, 2.45) is 0 Å². The second kappa shape index (κ2) is 8.98. The summed E-state index contributed by atoms with van der Waals surface area (Å²) in [7, 11) is 0. The molecule has 0 aliphatic rings. The summed E-state index contributed by atoms with van der Waals surface area (Å²) in [5.41, 5.74) is 0.915. The summed E-state index contributed by atoms with van der Waals surface area (Å²) >= 11 is 0. The second-order valence-electron chi connectivity index (χ2n) is 3.91. The standard InChI is InChI=1S/C13H24O/c1-4-6-7-8-9-10-11-13(14)12(3)5-2/h5H,4,6-11H2,1-3H3/b12-5+. The summed E-state index contributed by atoms with van der Waals surface area (Å²) in [6.07, 6.45) is 10.2. The lowest BCUT2D eigenvalue weighted by atomic mass is 10.0. The maximum absolute atomic E-state index is 11.4. The van der Waals surface area contributed by atoms with E-state index in [0.29, 0.717) is 5.78 Å². The maximum atomic E-state index is 11.4. The van der Waals surface area contributed by atoms with Crippen LogP contribution in [-0.2, 0) is 4.79 Å². The van der Waals surface area contributed by atoms with Gasteiger partial charge in [-0.1, -0.05) is 45.1 Å². The van der Waals surface area contributed by atoms with Crippen LogP contribution in [0.4, 0.5) is 0 Å². The highest BCUT2D eigenvalue weighted by atomic mass is 16.1. The molecule has 0 aliphatic carbocycles. The summed E-state index contributed by atoms with van der Waals surface area (Å²) in [5, 5.41) is 0. The van der Waals surface area contributed by atoms with Crippen molar-refractivity contribution in [3.05, 3.63) is 11.6 Å². The van der Waals surface area contributed by atoms with Crippen LogP contribution in [-0.4, -0.2) is 5.78 Å². The highest BCUT2D eigenvalue weighted by Gasteiger charge is 2.02. The van der Waals surface area contributed by atoms with Gasteiger partial charge in [0.2, 0.25) is 0 Å². The molecule has 0 aromatic heterocycles. The van der Waals surface area contributed by atoms with Crippen molar-refractivity contribution in [1.29, 1.82) is 0 Å². The number of carbonyl (C=O) groups is 1. The molecule has 0 spiro atoms. The first kappa shape index (κ1) is 13.4. The molecule has 0 radical (unpaired) electrons. The first-order chi connectivity index (χ1) is 6.72. The first-order valence-electron chi connectivity index (χ1n) is 5.88. The lowest BCUT2D eigenvalue weighted by Crippen LogP contribution is -1.98. The molecule has 1 heteroatoms. The smallest absolute Gasteiger partial charge is 0.158 e. The quantitative estimate of drug-likeness (QED) is 0.418. The van der Waals surface area contributed by atoms with E-state index in [0.717, 1.165) is 18.4 Å². The molecule has 0 amide bonds. The third-order valence-electron chi connectivity index (χ3n) is 2.63. The zero-order chi connectivity index (χ0) is 10.8. The van der Waals surface area contributed by atoms with E-state index in [1.165, 1.54) is 32.1 Å². The Labute approximate surface area is 88.6 Å². The van der Waals surface area contributed by atoms with Crippen LogP contribution >= 0.6 is 0 Å². The Bertz CT molecular complexity index is 180. The van der Waals surface area contributed by atoms with Crippen LogP contribution in [0.5, 0.6) is 0 Å². The van der Waals surface area contributed by atoms with Crippen molar-refractivity contribution in [1.82, 2.24) is 0 Å². The summed E-state index contributed by atoms with van der Waals surface area (Å²) in [6, 6.07) is 0. The van der Waals surface area contributed by atoms with Crippen LogP contribution in [0.2, 0.25) is 0 Å². The SMILES string of the molecule is C/C=C(\C)C(=O)CCCCCCCC. The van der Waals surface area contributed by atoms with Crippen LogP contribution in [0.25, 0.3) is 0 Å². The monoisotopic (exact) mass is 196 g/mol. The van der Waals surface area contributed by atoms with Crippen LogP contribution in [0.1, 0.15) is 65.7 Å². The Kier molecular flexibility index (Phi) is 8.61. The Hall–Kier alpha value is -0.590. The van der Waals surface area contributed by atoms with Crippen molar-refractivity contribution in [2.45, 2.75) is 65.7 Å². The molecule has 82 valence electrons. The van der Waals surface area contributed by atoms with Crippen LogP contribution in [0.3, 0.4) is 0 Å². The van der Waals surface area contributed by atoms with Gasteiger partial charge in [0, 0.05) is 6.42 Å². The zero-order valence-electron chi connectivity index (χ0n) is 9.94. The molecule has 0 unspecified atom stereocenters. The van der Waals surface area contributed by atoms with Gasteiger partial charge >= 0.3 is 0 Å². The lowest BCUT2D eigenvalue weighted by molar-refractivity contribution is -0.115. The number of carbonyl (C=O) groups excluding carboxylic acids is 1.